The van der Waals surface area contributed by atoms with Crippen molar-refractivity contribution < 1.29 is 27.5 Å². The molecule has 2 aromatic rings. The minimum Gasteiger partial charge on any atom is -0.454 e. The highest BCUT2D eigenvalue weighted by atomic mass is 32.2. The highest BCUT2D eigenvalue weighted by Gasteiger charge is 2.28. The predicted molar refractivity (Wildman–Crippen MR) is 150 cm³/mol. The van der Waals surface area contributed by atoms with Crippen LogP contribution in [0.2, 0.25) is 0 Å². The summed E-state index contributed by atoms with van der Waals surface area (Å²) in [5, 5.41) is 3.14. The molecule has 4 rings (SSSR count). The molecule has 1 fully saturated rings. The van der Waals surface area contributed by atoms with E-state index in [2.05, 4.69) is 5.32 Å². The zero-order valence-corrected chi connectivity index (χ0v) is 23.8. The standard InChI is InChI=1S/C29H39N3O6S/c1-21-11-13-23(14-12-21)19-31(22(2)29(34)30-24-8-5-4-6-9-24)28(33)10-7-17-32(39(3,35)36)25-15-16-26-27(18-25)38-20-37-26/h11-16,18,22,24H,4-10,17,19-20H2,1-3H3,(H,30,34). The second-order valence-electron chi connectivity index (χ2n) is 10.5. The van der Waals surface area contributed by atoms with Crippen molar-refractivity contribution in [3.05, 3.63) is 53.6 Å². The molecule has 9 nitrogen and oxygen atoms in total. The Labute approximate surface area is 231 Å². The van der Waals surface area contributed by atoms with Crippen molar-refractivity contribution in [2.45, 2.75) is 77.4 Å². The first-order valence-electron chi connectivity index (χ1n) is 13.6. The zero-order valence-electron chi connectivity index (χ0n) is 23.0. The maximum Gasteiger partial charge on any atom is 0.242 e. The van der Waals surface area contributed by atoms with Crippen LogP contribution in [-0.2, 0) is 26.2 Å². The Hall–Kier alpha value is -3.27. The topological polar surface area (TPSA) is 105 Å². The van der Waals surface area contributed by atoms with Gasteiger partial charge < -0.3 is 19.7 Å². The van der Waals surface area contributed by atoms with Crippen LogP contribution in [0.5, 0.6) is 11.5 Å². The van der Waals surface area contributed by atoms with E-state index in [9.17, 15) is 18.0 Å². The Morgan fingerprint density at radius 3 is 2.41 bits per heavy atom. The van der Waals surface area contributed by atoms with E-state index >= 15 is 0 Å². The van der Waals surface area contributed by atoms with Gasteiger partial charge in [-0.1, -0.05) is 49.1 Å². The van der Waals surface area contributed by atoms with Crippen LogP contribution in [0.1, 0.15) is 63.0 Å². The molecule has 39 heavy (non-hydrogen) atoms. The van der Waals surface area contributed by atoms with Crippen LogP contribution in [0.15, 0.2) is 42.5 Å². The SMILES string of the molecule is Cc1ccc(CN(C(=O)CCCN(c2ccc3c(c2)OCO3)S(C)(=O)=O)C(C)C(=O)NC2CCCCC2)cc1. The molecule has 0 aromatic heterocycles. The third kappa shape index (κ3) is 7.65. The second kappa shape index (κ2) is 12.7. The summed E-state index contributed by atoms with van der Waals surface area (Å²) in [5.74, 6) is 0.704. The van der Waals surface area contributed by atoms with Gasteiger partial charge in [0.2, 0.25) is 28.6 Å². The molecule has 1 atom stereocenters. The van der Waals surface area contributed by atoms with Gasteiger partial charge >= 0.3 is 0 Å². The number of ether oxygens (including phenoxy) is 2. The predicted octanol–water partition coefficient (Wildman–Crippen LogP) is 4.14. The fourth-order valence-corrected chi connectivity index (χ4v) is 6.04. The van der Waals surface area contributed by atoms with Gasteiger partial charge in [0.25, 0.3) is 0 Å². The number of nitrogens with one attached hydrogen (secondary N) is 1. The quantitative estimate of drug-likeness (QED) is 0.445. The summed E-state index contributed by atoms with van der Waals surface area (Å²) in [6, 6.07) is 12.4. The molecule has 2 aromatic carbocycles. The van der Waals surface area contributed by atoms with Gasteiger partial charge in [0.15, 0.2) is 11.5 Å². The lowest BCUT2D eigenvalue weighted by atomic mass is 9.95. The number of carbonyl (C=O) groups excluding carboxylic acids is 2. The number of anilines is 1. The first-order valence-corrected chi connectivity index (χ1v) is 15.5. The van der Waals surface area contributed by atoms with Crippen molar-refractivity contribution in [3.8, 4) is 11.5 Å². The van der Waals surface area contributed by atoms with Crippen LogP contribution >= 0.6 is 0 Å². The summed E-state index contributed by atoms with van der Waals surface area (Å²) in [6.45, 7) is 4.28. The van der Waals surface area contributed by atoms with Crippen LogP contribution in [0.3, 0.4) is 0 Å². The number of carbonyl (C=O) groups is 2. The van der Waals surface area contributed by atoms with Gasteiger partial charge in [0.05, 0.1) is 11.9 Å². The molecule has 0 radical (unpaired) electrons. The third-order valence-corrected chi connectivity index (χ3v) is 8.58. The highest BCUT2D eigenvalue weighted by molar-refractivity contribution is 7.92. The van der Waals surface area contributed by atoms with Crippen LogP contribution in [0.4, 0.5) is 5.69 Å². The lowest BCUT2D eigenvalue weighted by Crippen LogP contribution is -2.50. The van der Waals surface area contributed by atoms with E-state index in [1.54, 1.807) is 30.0 Å². The minimum atomic E-state index is -3.60. The van der Waals surface area contributed by atoms with E-state index in [1.807, 2.05) is 31.2 Å². The fourth-order valence-electron chi connectivity index (χ4n) is 5.09. The first kappa shape index (κ1) is 28.7. The van der Waals surface area contributed by atoms with Crippen LogP contribution in [0, 0.1) is 6.92 Å². The summed E-state index contributed by atoms with van der Waals surface area (Å²) in [5.41, 5.74) is 2.50. The molecule has 1 aliphatic carbocycles. The number of nitrogens with zero attached hydrogens (tertiary/aromatic N) is 2. The second-order valence-corrected chi connectivity index (χ2v) is 12.4. The number of rotatable bonds is 11. The lowest BCUT2D eigenvalue weighted by Gasteiger charge is -2.31. The molecule has 1 heterocycles. The molecule has 0 saturated heterocycles. The number of amides is 2. The van der Waals surface area contributed by atoms with E-state index in [4.69, 9.17) is 9.47 Å². The molecule has 1 N–H and O–H groups in total. The van der Waals surface area contributed by atoms with E-state index in [1.165, 1.54) is 10.7 Å². The Balaban J connectivity index is 1.44. The van der Waals surface area contributed by atoms with Crippen molar-refractivity contribution in [2.75, 3.05) is 23.9 Å². The highest BCUT2D eigenvalue weighted by Crippen LogP contribution is 2.36. The monoisotopic (exact) mass is 557 g/mol. The van der Waals surface area contributed by atoms with Gasteiger partial charge in [-0.15, -0.1) is 0 Å². The van der Waals surface area contributed by atoms with Crippen LogP contribution in [-0.4, -0.2) is 56.8 Å². The van der Waals surface area contributed by atoms with Gasteiger partial charge in [0, 0.05) is 31.6 Å². The van der Waals surface area contributed by atoms with E-state index in [0.29, 0.717) is 30.2 Å². The van der Waals surface area contributed by atoms with Gasteiger partial charge in [-0.3, -0.25) is 13.9 Å². The van der Waals surface area contributed by atoms with Gasteiger partial charge in [0.1, 0.15) is 6.04 Å². The van der Waals surface area contributed by atoms with Gasteiger partial charge in [-0.05, 0) is 50.8 Å². The van der Waals surface area contributed by atoms with Crippen molar-refractivity contribution in [2.24, 2.45) is 0 Å². The normalized spacial score (nSPS) is 16.0. The van der Waals surface area contributed by atoms with E-state index in [-0.39, 0.29) is 37.6 Å². The Bertz CT molecular complexity index is 1260. The summed E-state index contributed by atoms with van der Waals surface area (Å²) in [7, 11) is -3.60. The Morgan fingerprint density at radius 1 is 1.03 bits per heavy atom. The number of benzene rings is 2. The number of hydrogen-bond acceptors (Lipinski definition) is 6. The van der Waals surface area contributed by atoms with Gasteiger partial charge in [-0.25, -0.2) is 8.42 Å². The third-order valence-electron chi connectivity index (χ3n) is 7.39. The number of aryl methyl sites for hydroxylation is 1. The average molecular weight is 558 g/mol. The van der Waals surface area contributed by atoms with Crippen molar-refractivity contribution >= 4 is 27.5 Å². The first-order chi connectivity index (χ1) is 18.6. The smallest absolute Gasteiger partial charge is 0.242 e. The van der Waals surface area contributed by atoms with Crippen molar-refractivity contribution in [1.82, 2.24) is 10.2 Å². The summed E-state index contributed by atoms with van der Waals surface area (Å²) < 4.78 is 37.2. The van der Waals surface area contributed by atoms with Crippen molar-refractivity contribution in [1.29, 1.82) is 0 Å². The molecule has 2 aliphatic rings. The molecular weight excluding hydrogens is 518 g/mol. The van der Waals surface area contributed by atoms with E-state index < -0.39 is 16.1 Å². The minimum absolute atomic E-state index is 0.0927. The lowest BCUT2D eigenvalue weighted by molar-refractivity contribution is -0.141. The number of fused-ring (bicyclic) bond motifs is 1. The molecular formula is C29H39N3O6S. The molecule has 1 saturated carbocycles. The molecule has 1 aliphatic heterocycles. The maximum atomic E-state index is 13.5. The van der Waals surface area contributed by atoms with Crippen LogP contribution < -0.4 is 19.1 Å². The average Bonchev–Trinajstić information content (AvgIpc) is 3.38. The molecule has 10 heteroatoms. The largest absolute Gasteiger partial charge is 0.454 e. The number of hydrogen-bond donors (Lipinski definition) is 1. The maximum absolute atomic E-state index is 13.5. The summed E-state index contributed by atoms with van der Waals surface area (Å²) in [6.07, 6.45) is 6.86. The van der Waals surface area contributed by atoms with Gasteiger partial charge in [-0.2, -0.15) is 0 Å². The summed E-state index contributed by atoms with van der Waals surface area (Å²) in [4.78, 5) is 28.3. The van der Waals surface area contributed by atoms with Crippen LogP contribution in [0.25, 0.3) is 0 Å². The van der Waals surface area contributed by atoms with Crippen molar-refractivity contribution in [3.63, 3.8) is 0 Å². The molecule has 212 valence electrons. The Morgan fingerprint density at radius 2 is 1.72 bits per heavy atom. The fraction of sp³-hybridized carbons (Fsp3) is 0.517. The molecule has 2 amide bonds. The number of sulfonamides is 1. The molecule has 0 bridgehead atoms. The summed E-state index contributed by atoms with van der Waals surface area (Å²) >= 11 is 0. The molecule has 0 spiro atoms. The molecule has 1 unspecified atom stereocenters. The van der Waals surface area contributed by atoms with E-state index in [0.717, 1.165) is 43.1 Å². The zero-order chi connectivity index (χ0) is 28.0. The Kier molecular flexibility index (Phi) is 9.37.